The minimum absolute atomic E-state index is 1.10. The van der Waals surface area contributed by atoms with Crippen molar-refractivity contribution in [3.8, 4) is 22.5 Å². The van der Waals surface area contributed by atoms with E-state index in [1.165, 1.54) is 72.0 Å². The molecule has 0 saturated heterocycles. The first-order valence-electron chi connectivity index (χ1n) is 13.8. The second kappa shape index (κ2) is 8.61. The average Bonchev–Trinajstić information content (AvgIpc) is 3.50. The predicted octanol–water partition coefficient (Wildman–Crippen LogP) is 9.66. The highest BCUT2D eigenvalue weighted by Crippen LogP contribution is 2.36. The van der Waals surface area contributed by atoms with Crippen LogP contribution in [0.2, 0.25) is 0 Å². The number of benzene rings is 5. The van der Waals surface area contributed by atoms with Gasteiger partial charge in [-0.25, -0.2) is 0 Å². The third-order valence-electron chi connectivity index (χ3n) is 8.19. The van der Waals surface area contributed by atoms with Gasteiger partial charge in [-0.05, 0) is 90.6 Å². The first-order valence-corrected chi connectivity index (χ1v) is 13.8. The van der Waals surface area contributed by atoms with Crippen LogP contribution in [-0.4, -0.2) is 9.13 Å². The van der Waals surface area contributed by atoms with Gasteiger partial charge in [-0.15, -0.1) is 0 Å². The summed E-state index contributed by atoms with van der Waals surface area (Å²) < 4.78 is 4.85. The highest BCUT2D eigenvalue weighted by molar-refractivity contribution is 6.09. The second-order valence-electron chi connectivity index (χ2n) is 10.6. The lowest BCUT2D eigenvalue weighted by molar-refractivity contribution is 0.968. The molecule has 2 nitrogen and oxygen atoms in total. The normalized spacial score (nSPS) is 12.9. The van der Waals surface area contributed by atoms with Gasteiger partial charge in [0, 0.05) is 33.2 Å². The van der Waals surface area contributed by atoms with Crippen molar-refractivity contribution in [1.29, 1.82) is 0 Å². The van der Waals surface area contributed by atoms with E-state index in [-0.39, 0.29) is 0 Å². The maximum absolute atomic E-state index is 2.44. The van der Waals surface area contributed by atoms with Crippen molar-refractivity contribution in [1.82, 2.24) is 9.13 Å². The number of nitrogens with zero attached hydrogens (tertiary/aromatic N) is 2. The van der Waals surface area contributed by atoms with Crippen molar-refractivity contribution in [3.63, 3.8) is 0 Å². The summed E-state index contributed by atoms with van der Waals surface area (Å²) in [6.07, 6.45) is 6.81. The molecule has 0 radical (unpaired) electrons. The van der Waals surface area contributed by atoms with Crippen molar-refractivity contribution < 1.29 is 0 Å². The first-order chi connectivity index (χ1) is 19.3. The van der Waals surface area contributed by atoms with E-state index in [1.807, 2.05) is 0 Å². The molecule has 8 rings (SSSR count). The van der Waals surface area contributed by atoms with Crippen LogP contribution in [0, 0.1) is 6.92 Å². The van der Waals surface area contributed by atoms with Crippen molar-refractivity contribution in [2.75, 3.05) is 0 Å². The molecule has 186 valence electrons. The Hall–Kier alpha value is -4.82. The molecule has 0 spiro atoms. The number of fused-ring (bicyclic) bond motifs is 6. The Morgan fingerprint density at radius 2 is 1.18 bits per heavy atom. The molecule has 1 aliphatic rings. The van der Waals surface area contributed by atoms with Gasteiger partial charge in [-0.2, -0.15) is 0 Å². The lowest BCUT2D eigenvalue weighted by Crippen LogP contribution is -2.00. The molecule has 2 heteroatoms. The van der Waals surface area contributed by atoms with Crippen molar-refractivity contribution in [2.24, 2.45) is 0 Å². The Morgan fingerprint density at radius 1 is 0.538 bits per heavy atom. The number of rotatable bonds is 3. The summed E-state index contributed by atoms with van der Waals surface area (Å²) >= 11 is 0. The summed E-state index contributed by atoms with van der Waals surface area (Å²) in [4.78, 5) is 0. The van der Waals surface area contributed by atoms with E-state index >= 15 is 0 Å². The molecule has 0 aliphatic heterocycles. The third-order valence-corrected chi connectivity index (χ3v) is 8.19. The molecule has 39 heavy (non-hydrogen) atoms. The SMILES string of the molecule is Cc1cc(-c2cccc(-n3c4c(c5ccccc53)CCC=C4)c2)cc(-n2c3ccccc3c3ccccc32)c1. The fraction of sp³-hybridized carbons (Fsp3) is 0.0811. The highest BCUT2D eigenvalue weighted by Gasteiger charge is 2.18. The fourth-order valence-corrected chi connectivity index (χ4v) is 6.55. The molecule has 1 aliphatic carbocycles. The second-order valence-corrected chi connectivity index (χ2v) is 10.6. The summed E-state index contributed by atoms with van der Waals surface area (Å²) in [7, 11) is 0. The van der Waals surface area contributed by atoms with E-state index in [4.69, 9.17) is 0 Å². The summed E-state index contributed by atoms with van der Waals surface area (Å²) in [5.41, 5.74) is 12.6. The van der Waals surface area contributed by atoms with Gasteiger partial charge < -0.3 is 9.13 Å². The van der Waals surface area contributed by atoms with Crippen molar-refractivity contribution in [3.05, 3.63) is 138 Å². The van der Waals surface area contributed by atoms with E-state index in [0.717, 1.165) is 12.8 Å². The molecular formula is C37H28N2. The topological polar surface area (TPSA) is 9.86 Å². The van der Waals surface area contributed by atoms with Gasteiger partial charge in [-0.1, -0.05) is 78.9 Å². The van der Waals surface area contributed by atoms with E-state index in [0.29, 0.717) is 0 Å². The molecular weight excluding hydrogens is 472 g/mol. The van der Waals surface area contributed by atoms with Crippen LogP contribution in [0.25, 0.3) is 61.3 Å². The molecule has 0 atom stereocenters. The summed E-state index contributed by atoms with van der Waals surface area (Å²) in [6, 6.07) is 42.2. The van der Waals surface area contributed by atoms with Crippen LogP contribution in [-0.2, 0) is 6.42 Å². The van der Waals surface area contributed by atoms with E-state index in [9.17, 15) is 0 Å². The quantitative estimate of drug-likeness (QED) is 0.229. The highest BCUT2D eigenvalue weighted by atomic mass is 15.0. The lowest BCUT2D eigenvalue weighted by Gasteiger charge is -2.15. The Labute approximate surface area is 228 Å². The molecule has 2 aromatic heterocycles. The Kier molecular flexibility index (Phi) is 4.90. The molecule has 0 unspecified atom stereocenters. The van der Waals surface area contributed by atoms with E-state index < -0.39 is 0 Å². The number of hydrogen-bond donors (Lipinski definition) is 0. The molecule has 0 bridgehead atoms. The van der Waals surface area contributed by atoms with E-state index in [1.54, 1.807) is 0 Å². The minimum atomic E-state index is 1.10. The molecule has 2 heterocycles. The first kappa shape index (κ1) is 22.2. The maximum Gasteiger partial charge on any atom is 0.0541 e. The molecule has 0 N–H and O–H groups in total. The van der Waals surface area contributed by atoms with Gasteiger partial charge in [0.15, 0.2) is 0 Å². The van der Waals surface area contributed by atoms with Gasteiger partial charge in [0.1, 0.15) is 0 Å². The number of allylic oxidation sites excluding steroid dienone is 1. The van der Waals surface area contributed by atoms with Crippen molar-refractivity contribution in [2.45, 2.75) is 19.8 Å². The van der Waals surface area contributed by atoms with Gasteiger partial charge in [0.25, 0.3) is 0 Å². The van der Waals surface area contributed by atoms with Crippen LogP contribution >= 0.6 is 0 Å². The third kappa shape index (κ3) is 3.42. The maximum atomic E-state index is 2.44. The van der Waals surface area contributed by atoms with Gasteiger partial charge in [-0.3, -0.25) is 0 Å². The number of aromatic nitrogens is 2. The lowest BCUT2D eigenvalue weighted by atomic mass is 10.0. The summed E-state index contributed by atoms with van der Waals surface area (Å²) in [5, 5.41) is 3.94. The predicted molar refractivity (Wildman–Crippen MR) is 165 cm³/mol. The van der Waals surface area contributed by atoms with Gasteiger partial charge in [0.2, 0.25) is 0 Å². The van der Waals surface area contributed by atoms with Crippen LogP contribution in [0.15, 0.2) is 121 Å². The zero-order chi connectivity index (χ0) is 25.9. The zero-order valence-corrected chi connectivity index (χ0v) is 21.9. The largest absolute Gasteiger partial charge is 0.310 e. The average molecular weight is 501 g/mol. The Balaban J connectivity index is 1.32. The summed E-state index contributed by atoms with van der Waals surface area (Å²) in [6.45, 7) is 2.20. The fourth-order valence-electron chi connectivity index (χ4n) is 6.55. The number of para-hydroxylation sites is 3. The van der Waals surface area contributed by atoms with Gasteiger partial charge >= 0.3 is 0 Å². The Bertz CT molecular complexity index is 2030. The number of hydrogen-bond acceptors (Lipinski definition) is 0. The standard InChI is InChI=1S/C37H28N2/c1-25-21-27(24-29(22-25)39-36-19-8-4-15-32(36)33-16-5-9-20-37(33)39)26-11-10-12-28(23-26)38-34-17-6-2-13-30(34)31-14-3-7-18-35(31)38/h2,4-13,15-24H,3,14H2,1H3. The summed E-state index contributed by atoms with van der Waals surface area (Å²) in [5.74, 6) is 0. The van der Waals surface area contributed by atoms with Crippen LogP contribution in [0.4, 0.5) is 0 Å². The van der Waals surface area contributed by atoms with Crippen LogP contribution < -0.4 is 0 Å². The molecule has 7 aromatic rings. The molecule has 0 amide bonds. The number of aryl methyl sites for hydroxylation is 2. The Morgan fingerprint density at radius 3 is 1.92 bits per heavy atom. The van der Waals surface area contributed by atoms with Crippen LogP contribution in [0.1, 0.15) is 23.2 Å². The zero-order valence-electron chi connectivity index (χ0n) is 21.9. The monoisotopic (exact) mass is 500 g/mol. The molecule has 0 saturated carbocycles. The van der Waals surface area contributed by atoms with Crippen LogP contribution in [0.5, 0.6) is 0 Å². The van der Waals surface area contributed by atoms with E-state index in [2.05, 4.69) is 143 Å². The smallest absolute Gasteiger partial charge is 0.0541 e. The van der Waals surface area contributed by atoms with Gasteiger partial charge in [0.05, 0.1) is 16.6 Å². The van der Waals surface area contributed by atoms with Crippen LogP contribution in [0.3, 0.4) is 0 Å². The van der Waals surface area contributed by atoms with Crippen molar-refractivity contribution >= 4 is 38.8 Å². The molecule has 0 fully saturated rings. The minimum Gasteiger partial charge on any atom is -0.310 e. The molecule has 5 aromatic carbocycles.